The van der Waals surface area contributed by atoms with Gasteiger partial charge < -0.3 is 14.8 Å². The van der Waals surface area contributed by atoms with Gasteiger partial charge in [-0.05, 0) is 18.2 Å². The molecule has 184 valence electrons. The molecule has 1 aliphatic rings. The molecular weight excluding hydrogens is 476 g/mol. The molecule has 1 aliphatic heterocycles. The van der Waals surface area contributed by atoms with Crippen molar-refractivity contribution in [1.29, 1.82) is 0 Å². The van der Waals surface area contributed by atoms with E-state index in [-0.39, 0.29) is 28.0 Å². The first-order valence-corrected chi connectivity index (χ1v) is 12.1. The summed E-state index contributed by atoms with van der Waals surface area (Å²) in [7, 11) is -0.696. The molecule has 0 spiro atoms. The van der Waals surface area contributed by atoms with Gasteiger partial charge in [0.2, 0.25) is 5.95 Å². The number of imidazole rings is 1. The highest BCUT2D eigenvalue weighted by molar-refractivity contribution is 7.91. The first-order valence-electron chi connectivity index (χ1n) is 10.4. The lowest BCUT2D eigenvalue weighted by Crippen LogP contribution is -2.26. The summed E-state index contributed by atoms with van der Waals surface area (Å²) in [5.74, 6) is -0.700. The summed E-state index contributed by atoms with van der Waals surface area (Å²) in [5, 5.41) is 2.82. The Morgan fingerprint density at radius 1 is 1.12 bits per heavy atom. The summed E-state index contributed by atoms with van der Waals surface area (Å²) in [6.45, 7) is 5.48. The standard InChI is InChI=1S/C19H18F4N6O2S.C2H6/c1-4-32(30,31)18-15(27-16(29(18)3)10-5-6-14(20)25-8-10)17-26-11-7-13(19(21,22)23)24-9-12(11)28(17)2;1-2/h5-9,17,26H,4H2,1-3H3;1-2H3. The van der Waals surface area contributed by atoms with Crippen LogP contribution in [-0.4, -0.2) is 40.7 Å². The minimum absolute atomic E-state index is 0.0968. The molecule has 0 fully saturated rings. The lowest BCUT2D eigenvalue weighted by atomic mass is 10.3. The van der Waals surface area contributed by atoms with Crippen LogP contribution < -0.4 is 10.2 Å². The van der Waals surface area contributed by atoms with Crippen molar-refractivity contribution in [3.05, 3.63) is 47.9 Å². The quantitative estimate of drug-likeness (QED) is 0.419. The SMILES string of the molecule is CC.CCS(=O)(=O)c1c(C2Nc3cc(C(F)(F)F)ncc3N2C)nc(-c2ccc(F)nc2)n1C. The van der Waals surface area contributed by atoms with E-state index in [2.05, 4.69) is 20.3 Å². The number of anilines is 2. The van der Waals surface area contributed by atoms with Gasteiger partial charge in [-0.15, -0.1) is 0 Å². The molecule has 0 aliphatic carbocycles. The van der Waals surface area contributed by atoms with Gasteiger partial charge in [0.05, 0.1) is 23.3 Å². The molecule has 4 rings (SSSR count). The third-order valence-electron chi connectivity index (χ3n) is 5.22. The molecule has 0 bridgehead atoms. The molecular formula is C21H24F4N6O2S. The van der Waals surface area contributed by atoms with Crippen LogP contribution in [-0.2, 0) is 23.1 Å². The molecule has 1 atom stereocenters. The minimum Gasteiger partial charge on any atom is -0.358 e. The van der Waals surface area contributed by atoms with Crippen molar-refractivity contribution in [1.82, 2.24) is 19.5 Å². The van der Waals surface area contributed by atoms with E-state index in [0.717, 1.165) is 18.3 Å². The van der Waals surface area contributed by atoms with Crippen molar-refractivity contribution in [2.75, 3.05) is 23.0 Å². The van der Waals surface area contributed by atoms with Gasteiger partial charge in [0, 0.05) is 25.9 Å². The molecule has 34 heavy (non-hydrogen) atoms. The van der Waals surface area contributed by atoms with Crippen LogP contribution in [0.1, 0.15) is 38.3 Å². The number of aromatic nitrogens is 4. The molecule has 3 aromatic rings. The van der Waals surface area contributed by atoms with Gasteiger partial charge >= 0.3 is 6.18 Å². The molecule has 0 saturated carbocycles. The Morgan fingerprint density at radius 3 is 2.35 bits per heavy atom. The van der Waals surface area contributed by atoms with Crippen molar-refractivity contribution >= 4 is 21.2 Å². The van der Waals surface area contributed by atoms with Crippen LogP contribution in [0.15, 0.2) is 35.6 Å². The van der Waals surface area contributed by atoms with Crippen LogP contribution in [0.5, 0.6) is 0 Å². The lowest BCUT2D eigenvalue weighted by molar-refractivity contribution is -0.141. The number of halogens is 4. The summed E-state index contributed by atoms with van der Waals surface area (Å²) in [6, 6.07) is 3.41. The fraction of sp³-hybridized carbons (Fsp3) is 0.381. The van der Waals surface area contributed by atoms with Crippen LogP contribution in [0.2, 0.25) is 0 Å². The average Bonchev–Trinajstić information content (AvgIpc) is 3.32. The molecule has 8 nitrogen and oxygen atoms in total. The second-order valence-electron chi connectivity index (χ2n) is 7.20. The molecule has 0 saturated heterocycles. The number of pyridine rings is 2. The van der Waals surface area contributed by atoms with Crippen molar-refractivity contribution < 1.29 is 26.0 Å². The number of sulfone groups is 1. The third-order valence-corrected chi connectivity index (χ3v) is 7.05. The fourth-order valence-corrected chi connectivity index (χ4v) is 4.84. The Hall–Kier alpha value is -3.22. The highest BCUT2D eigenvalue weighted by atomic mass is 32.2. The predicted molar refractivity (Wildman–Crippen MR) is 119 cm³/mol. The number of nitrogens with one attached hydrogen (secondary N) is 1. The maximum Gasteiger partial charge on any atom is 0.433 e. The number of rotatable bonds is 4. The Morgan fingerprint density at radius 2 is 1.79 bits per heavy atom. The van der Waals surface area contributed by atoms with E-state index in [1.54, 1.807) is 11.9 Å². The number of hydrogen-bond acceptors (Lipinski definition) is 7. The third kappa shape index (κ3) is 4.43. The highest BCUT2D eigenvalue weighted by Gasteiger charge is 2.39. The minimum atomic E-state index is -4.63. The van der Waals surface area contributed by atoms with Crippen molar-refractivity contribution in [2.45, 2.75) is 38.1 Å². The Kier molecular flexibility index (Phi) is 6.87. The highest BCUT2D eigenvalue weighted by Crippen LogP contribution is 2.43. The van der Waals surface area contributed by atoms with Gasteiger partial charge in [0.1, 0.15) is 23.4 Å². The topological polar surface area (TPSA) is 93.0 Å². The number of alkyl halides is 3. The molecule has 1 N–H and O–H groups in total. The van der Waals surface area contributed by atoms with E-state index in [1.807, 2.05) is 13.8 Å². The lowest BCUT2D eigenvalue weighted by Gasteiger charge is -2.21. The molecule has 4 heterocycles. The first-order chi connectivity index (χ1) is 15.9. The molecule has 3 aromatic heterocycles. The van der Waals surface area contributed by atoms with E-state index in [9.17, 15) is 26.0 Å². The smallest absolute Gasteiger partial charge is 0.358 e. The van der Waals surface area contributed by atoms with Gasteiger partial charge in [-0.25, -0.2) is 23.4 Å². The zero-order valence-electron chi connectivity index (χ0n) is 19.1. The van der Waals surface area contributed by atoms with Crippen molar-refractivity contribution in [3.63, 3.8) is 0 Å². The van der Waals surface area contributed by atoms with Gasteiger partial charge in [-0.3, -0.25) is 0 Å². The van der Waals surface area contributed by atoms with Crippen molar-refractivity contribution in [3.8, 4) is 11.4 Å². The molecule has 0 amide bonds. The monoisotopic (exact) mass is 500 g/mol. The number of fused-ring (bicyclic) bond motifs is 1. The van der Waals surface area contributed by atoms with Gasteiger partial charge in [-0.2, -0.15) is 17.6 Å². The maximum atomic E-state index is 13.3. The number of nitrogens with zero attached hydrogens (tertiary/aromatic N) is 5. The Balaban J connectivity index is 0.00000158. The zero-order chi connectivity index (χ0) is 25.4. The summed E-state index contributed by atoms with van der Waals surface area (Å²) >= 11 is 0. The second-order valence-corrected chi connectivity index (χ2v) is 9.39. The summed E-state index contributed by atoms with van der Waals surface area (Å²) in [5.41, 5.74) is -0.0834. The second kappa shape index (κ2) is 9.20. The summed E-state index contributed by atoms with van der Waals surface area (Å²) in [6.07, 6.45) is -3.20. The van der Waals surface area contributed by atoms with Gasteiger partial charge in [0.25, 0.3) is 0 Å². The Labute approximate surface area is 194 Å². The van der Waals surface area contributed by atoms with E-state index in [1.165, 1.54) is 30.8 Å². The van der Waals surface area contributed by atoms with Crippen LogP contribution in [0.3, 0.4) is 0 Å². The normalized spacial score (nSPS) is 15.4. The van der Waals surface area contributed by atoms with Crippen LogP contribution in [0.25, 0.3) is 11.4 Å². The summed E-state index contributed by atoms with van der Waals surface area (Å²) < 4.78 is 79.7. The van der Waals surface area contributed by atoms with Crippen LogP contribution >= 0.6 is 0 Å². The largest absolute Gasteiger partial charge is 0.433 e. The molecule has 13 heteroatoms. The predicted octanol–water partition coefficient (Wildman–Crippen LogP) is 4.42. The van der Waals surface area contributed by atoms with E-state index < -0.39 is 33.8 Å². The van der Waals surface area contributed by atoms with Crippen LogP contribution in [0, 0.1) is 5.95 Å². The van der Waals surface area contributed by atoms with E-state index in [0.29, 0.717) is 11.3 Å². The van der Waals surface area contributed by atoms with E-state index >= 15 is 0 Å². The number of hydrogen-bond donors (Lipinski definition) is 1. The first kappa shape index (κ1) is 25.4. The molecule has 1 unspecified atom stereocenters. The van der Waals surface area contributed by atoms with Gasteiger partial charge in [0.15, 0.2) is 14.9 Å². The van der Waals surface area contributed by atoms with Crippen molar-refractivity contribution in [2.24, 2.45) is 7.05 Å². The average molecular weight is 501 g/mol. The maximum absolute atomic E-state index is 13.3. The van der Waals surface area contributed by atoms with E-state index in [4.69, 9.17) is 0 Å². The molecule has 0 radical (unpaired) electrons. The Bertz CT molecular complexity index is 1290. The molecule has 0 aromatic carbocycles. The zero-order valence-corrected chi connectivity index (χ0v) is 20.0. The fourth-order valence-electron chi connectivity index (χ4n) is 3.59. The van der Waals surface area contributed by atoms with Crippen LogP contribution in [0.4, 0.5) is 28.9 Å². The summed E-state index contributed by atoms with van der Waals surface area (Å²) in [4.78, 5) is 13.1. The van der Waals surface area contributed by atoms with Gasteiger partial charge in [-0.1, -0.05) is 20.8 Å².